The number of hydrogen-bond acceptors (Lipinski definition) is 0. The van der Waals surface area contributed by atoms with Gasteiger partial charge in [0.1, 0.15) is 0 Å². The van der Waals surface area contributed by atoms with Gasteiger partial charge in [0.2, 0.25) is 0 Å². The highest BCUT2D eigenvalue weighted by Crippen LogP contribution is 2.37. The van der Waals surface area contributed by atoms with Crippen molar-refractivity contribution in [1.82, 2.24) is 0 Å². The van der Waals surface area contributed by atoms with Gasteiger partial charge >= 0.3 is 0 Å². The van der Waals surface area contributed by atoms with Gasteiger partial charge < -0.3 is 0 Å². The highest BCUT2D eigenvalue weighted by atomic mass is 79.9. The van der Waals surface area contributed by atoms with Crippen molar-refractivity contribution in [2.24, 2.45) is 5.92 Å². The molecule has 0 aromatic heterocycles. The summed E-state index contributed by atoms with van der Waals surface area (Å²) in [5.74, 6) is 0.955. The first-order valence-electron chi connectivity index (χ1n) is 7.59. The van der Waals surface area contributed by atoms with Crippen molar-refractivity contribution in [3.8, 4) is 0 Å². The fourth-order valence-electron chi connectivity index (χ4n) is 3.64. The zero-order valence-electron chi connectivity index (χ0n) is 11.1. The second kappa shape index (κ2) is 5.77. The third-order valence-electron chi connectivity index (χ3n) is 4.75. The van der Waals surface area contributed by atoms with Gasteiger partial charge in [0.05, 0.1) is 0 Å². The Labute approximate surface area is 119 Å². The maximum absolute atomic E-state index is 3.93. The van der Waals surface area contributed by atoms with Crippen LogP contribution in [0.25, 0.3) is 0 Å². The summed E-state index contributed by atoms with van der Waals surface area (Å²) in [5.41, 5.74) is 4.72. The van der Waals surface area contributed by atoms with E-state index in [2.05, 4.69) is 34.1 Å². The van der Waals surface area contributed by atoms with Crippen LogP contribution in [0.4, 0.5) is 0 Å². The van der Waals surface area contributed by atoms with Gasteiger partial charge in [-0.15, -0.1) is 0 Å². The maximum atomic E-state index is 3.93. The van der Waals surface area contributed by atoms with Crippen LogP contribution in [-0.4, -0.2) is 0 Å². The van der Waals surface area contributed by atoms with Gasteiger partial charge in [-0.2, -0.15) is 0 Å². The minimum atomic E-state index is 0.575. The van der Waals surface area contributed by atoms with Crippen molar-refractivity contribution in [3.05, 3.63) is 34.9 Å². The summed E-state index contributed by atoms with van der Waals surface area (Å²) in [5, 5.41) is 0. The Morgan fingerprint density at radius 3 is 2.61 bits per heavy atom. The van der Waals surface area contributed by atoms with E-state index < -0.39 is 0 Å². The first kappa shape index (κ1) is 12.7. The summed E-state index contributed by atoms with van der Waals surface area (Å²) in [6.45, 7) is 0. The minimum Gasteiger partial charge on any atom is -0.0839 e. The molecule has 1 saturated carbocycles. The van der Waals surface area contributed by atoms with Crippen LogP contribution in [0, 0.1) is 5.92 Å². The van der Waals surface area contributed by atoms with Crippen molar-refractivity contribution in [1.29, 1.82) is 0 Å². The van der Waals surface area contributed by atoms with Gasteiger partial charge in [-0.05, 0) is 48.3 Å². The lowest BCUT2D eigenvalue weighted by molar-refractivity contribution is 0.338. The molecular weight excluding hydrogens is 284 g/mol. The van der Waals surface area contributed by atoms with E-state index in [1.807, 2.05) is 0 Å². The van der Waals surface area contributed by atoms with E-state index in [-0.39, 0.29) is 0 Å². The average molecular weight is 307 g/mol. The Hall–Kier alpha value is -0.300. The molecule has 0 aliphatic heterocycles. The van der Waals surface area contributed by atoms with Crippen molar-refractivity contribution < 1.29 is 0 Å². The van der Waals surface area contributed by atoms with E-state index in [1.54, 1.807) is 11.1 Å². The molecule has 1 aromatic rings. The van der Waals surface area contributed by atoms with Gasteiger partial charge in [-0.3, -0.25) is 0 Å². The number of aryl methyl sites for hydroxylation is 2. The van der Waals surface area contributed by atoms with Crippen LogP contribution in [0.3, 0.4) is 0 Å². The van der Waals surface area contributed by atoms with Crippen molar-refractivity contribution in [2.75, 3.05) is 0 Å². The number of rotatable bonds is 3. The molecule has 0 N–H and O–H groups in total. The second-order valence-electron chi connectivity index (χ2n) is 6.09. The summed E-state index contributed by atoms with van der Waals surface area (Å²) < 4.78 is 0. The predicted octanol–water partition coefficient (Wildman–Crippen LogP) is 5.58. The van der Waals surface area contributed by atoms with Crippen molar-refractivity contribution in [3.63, 3.8) is 0 Å². The normalized spacial score (nSPS) is 21.8. The SMILES string of the molecule is BrC(CC1CCCCC1)c1ccc2c(c1)CCC2. The van der Waals surface area contributed by atoms with E-state index in [0.717, 1.165) is 5.92 Å². The Morgan fingerprint density at radius 2 is 1.78 bits per heavy atom. The second-order valence-corrected chi connectivity index (χ2v) is 7.19. The number of alkyl halides is 1. The molecule has 1 fully saturated rings. The first-order chi connectivity index (χ1) is 8.83. The molecule has 0 amide bonds. The van der Waals surface area contributed by atoms with E-state index >= 15 is 0 Å². The Balaban J connectivity index is 1.66. The third-order valence-corrected chi connectivity index (χ3v) is 5.65. The van der Waals surface area contributed by atoms with Crippen LogP contribution in [0.1, 0.15) is 66.5 Å². The monoisotopic (exact) mass is 306 g/mol. The Bertz CT molecular complexity index is 404. The lowest BCUT2D eigenvalue weighted by Crippen LogP contribution is -2.08. The van der Waals surface area contributed by atoms with Crippen LogP contribution >= 0.6 is 15.9 Å². The van der Waals surface area contributed by atoms with Gasteiger partial charge in [-0.1, -0.05) is 66.2 Å². The number of halogens is 1. The molecular formula is C17H23Br. The van der Waals surface area contributed by atoms with Crippen LogP contribution in [-0.2, 0) is 12.8 Å². The average Bonchev–Trinajstić information content (AvgIpc) is 2.87. The zero-order chi connectivity index (χ0) is 12.4. The molecule has 0 nitrogen and oxygen atoms in total. The molecule has 0 bridgehead atoms. The Morgan fingerprint density at radius 1 is 1.00 bits per heavy atom. The molecule has 1 unspecified atom stereocenters. The molecule has 3 rings (SSSR count). The zero-order valence-corrected chi connectivity index (χ0v) is 12.7. The van der Waals surface area contributed by atoms with Crippen LogP contribution in [0.5, 0.6) is 0 Å². The van der Waals surface area contributed by atoms with Crippen molar-refractivity contribution in [2.45, 2.75) is 62.6 Å². The fourth-order valence-corrected chi connectivity index (χ4v) is 4.45. The van der Waals surface area contributed by atoms with Crippen LogP contribution in [0.2, 0.25) is 0 Å². The highest BCUT2D eigenvalue weighted by Gasteiger charge is 2.19. The van der Waals surface area contributed by atoms with E-state index in [4.69, 9.17) is 0 Å². The third kappa shape index (κ3) is 2.82. The molecule has 98 valence electrons. The first-order valence-corrected chi connectivity index (χ1v) is 8.50. The molecule has 0 saturated heterocycles. The lowest BCUT2D eigenvalue weighted by Gasteiger charge is -2.24. The molecule has 1 atom stereocenters. The molecule has 0 radical (unpaired) electrons. The molecule has 1 heteroatoms. The fraction of sp³-hybridized carbons (Fsp3) is 0.647. The molecule has 1 aromatic carbocycles. The standard InChI is InChI=1S/C17H23Br/c18-17(11-13-5-2-1-3-6-13)16-10-9-14-7-4-8-15(14)12-16/h9-10,12-13,17H,1-8,11H2. The molecule has 2 aliphatic rings. The highest BCUT2D eigenvalue weighted by molar-refractivity contribution is 9.09. The summed E-state index contributed by atoms with van der Waals surface area (Å²) >= 11 is 3.93. The van der Waals surface area contributed by atoms with Gasteiger partial charge in [0.15, 0.2) is 0 Å². The van der Waals surface area contributed by atoms with Gasteiger partial charge in [0, 0.05) is 4.83 Å². The van der Waals surface area contributed by atoms with Gasteiger partial charge in [0.25, 0.3) is 0 Å². The smallest absolute Gasteiger partial charge is 0.0398 e. The minimum absolute atomic E-state index is 0.575. The quantitative estimate of drug-likeness (QED) is 0.639. The number of benzene rings is 1. The summed E-state index contributed by atoms with van der Waals surface area (Å²) in [6.07, 6.45) is 12.6. The number of fused-ring (bicyclic) bond motifs is 1. The van der Waals surface area contributed by atoms with E-state index in [9.17, 15) is 0 Å². The molecule has 0 heterocycles. The van der Waals surface area contributed by atoms with Crippen LogP contribution in [0.15, 0.2) is 18.2 Å². The molecule has 0 spiro atoms. The summed E-state index contributed by atoms with van der Waals surface area (Å²) in [6, 6.07) is 7.18. The van der Waals surface area contributed by atoms with E-state index in [1.165, 1.54) is 63.4 Å². The van der Waals surface area contributed by atoms with Crippen molar-refractivity contribution >= 4 is 15.9 Å². The Kier molecular flexibility index (Phi) is 4.08. The molecule has 2 aliphatic carbocycles. The number of hydrogen-bond donors (Lipinski definition) is 0. The predicted molar refractivity (Wildman–Crippen MR) is 81.3 cm³/mol. The van der Waals surface area contributed by atoms with E-state index in [0.29, 0.717) is 4.83 Å². The van der Waals surface area contributed by atoms with Crippen LogP contribution < -0.4 is 0 Å². The summed E-state index contributed by atoms with van der Waals surface area (Å²) in [4.78, 5) is 0.575. The largest absolute Gasteiger partial charge is 0.0839 e. The lowest BCUT2D eigenvalue weighted by atomic mass is 9.85. The topological polar surface area (TPSA) is 0 Å². The summed E-state index contributed by atoms with van der Waals surface area (Å²) in [7, 11) is 0. The maximum Gasteiger partial charge on any atom is 0.0398 e. The van der Waals surface area contributed by atoms with Gasteiger partial charge in [-0.25, -0.2) is 0 Å². The molecule has 18 heavy (non-hydrogen) atoms.